The van der Waals surface area contributed by atoms with Crippen molar-refractivity contribution in [1.29, 1.82) is 0 Å². The van der Waals surface area contributed by atoms with E-state index in [9.17, 15) is 0 Å². The van der Waals surface area contributed by atoms with Gasteiger partial charge in [-0.25, -0.2) is 0 Å². The predicted molar refractivity (Wildman–Crippen MR) is 92.2 cm³/mol. The predicted octanol–water partition coefficient (Wildman–Crippen LogP) is 2.59. The minimum absolute atomic E-state index is 0.150. The highest BCUT2D eigenvalue weighted by Gasteiger charge is 2.53. The third kappa shape index (κ3) is 3.04. The van der Waals surface area contributed by atoms with Crippen LogP contribution in [0.2, 0.25) is 0 Å². The molecule has 0 aromatic rings. The van der Waals surface area contributed by atoms with Crippen molar-refractivity contribution >= 4 is 17.7 Å². The summed E-state index contributed by atoms with van der Waals surface area (Å²) in [6.07, 6.45) is 4.45. The van der Waals surface area contributed by atoms with Gasteiger partial charge in [0.05, 0.1) is 0 Å². The lowest BCUT2D eigenvalue weighted by Crippen LogP contribution is -2.72. The van der Waals surface area contributed by atoms with Gasteiger partial charge in [-0.15, -0.1) is 0 Å². The average molecular weight is 314 g/mol. The highest BCUT2D eigenvalue weighted by molar-refractivity contribution is 8.00. The van der Waals surface area contributed by atoms with E-state index in [2.05, 4.69) is 49.2 Å². The Morgan fingerprint density at radius 3 is 2.29 bits per heavy atom. The summed E-state index contributed by atoms with van der Waals surface area (Å²) in [4.78, 5) is 6.92. The van der Waals surface area contributed by atoms with Crippen LogP contribution in [0, 0.1) is 5.41 Å². The minimum Gasteiger partial charge on any atom is -0.381 e. The maximum atomic E-state index is 5.52. The molecule has 5 heteroatoms. The molecule has 2 saturated heterocycles. The fraction of sp³-hybridized carbons (Fsp3) is 0.938. The van der Waals surface area contributed by atoms with Crippen LogP contribution >= 0.6 is 11.8 Å². The summed E-state index contributed by atoms with van der Waals surface area (Å²) in [5.41, 5.74) is 0.484. The third-order valence-corrected chi connectivity index (χ3v) is 7.18. The topological polar surface area (TPSA) is 36.9 Å². The summed E-state index contributed by atoms with van der Waals surface area (Å²) >= 11 is 1.97. The summed E-state index contributed by atoms with van der Waals surface area (Å²) in [6.45, 7) is 13.1. The molecule has 2 fully saturated rings. The normalized spacial score (nSPS) is 27.1. The van der Waals surface area contributed by atoms with Crippen LogP contribution in [0.1, 0.15) is 40.5 Å². The second-order valence-electron chi connectivity index (χ2n) is 7.43. The Labute approximate surface area is 134 Å². The Balaban J connectivity index is 1.98. The summed E-state index contributed by atoms with van der Waals surface area (Å²) in [7, 11) is 1.89. The molecule has 122 valence electrons. The number of hydrogen-bond acceptors (Lipinski definition) is 3. The average Bonchev–Trinajstić information content (AvgIpc) is 2.47. The zero-order chi connectivity index (χ0) is 15.7. The molecular formula is C16H31N3OS. The molecule has 0 amide bonds. The fourth-order valence-corrected chi connectivity index (χ4v) is 3.92. The number of likely N-dealkylation sites (tertiary alicyclic amines) is 1. The highest BCUT2D eigenvalue weighted by atomic mass is 32.2. The van der Waals surface area contributed by atoms with Crippen LogP contribution in [-0.2, 0) is 4.74 Å². The van der Waals surface area contributed by atoms with Crippen molar-refractivity contribution in [1.82, 2.24) is 10.2 Å². The molecule has 0 atom stereocenters. The SMILES string of the molecule is CN=C(NCC1(SC)CCOCC1)N1CC(C)(C)C1(C)C. The molecule has 4 nitrogen and oxygen atoms in total. The standard InChI is InChI=1S/C16H31N3OS/c1-14(2)12-19(15(14,3)4)13(17-5)18-11-16(21-6)7-9-20-10-8-16/h7-12H2,1-6H3,(H,17,18). The lowest BCUT2D eigenvalue weighted by Gasteiger charge is -2.62. The number of hydrogen-bond donors (Lipinski definition) is 1. The minimum atomic E-state index is 0.150. The van der Waals surface area contributed by atoms with E-state index in [1.54, 1.807) is 0 Å². The van der Waals surface area contributed by atoms with Crippen LogP contribution in [0.15, 0.2) is 4.99 Å². The monoisotopic (exact) mass is 313 g/mol. The number of ether oxygens (including phenoxy) is 1. The van der Waals surface area contributed by atoms with E-state index in [0.717, 1.165) is 45.1 Å². The van der Waals surface area contributed by atoms with Gasteiger partial charge in [-0.3, -0.25) is 4.99 Å². The zero-order valence-corrected chi connectivity index (χ0v) is 15.3. The van der Waals surface area contributed by atoms with Gasteiger partial charge in [-0.2, -0.15) is 11.8 Å². The number of nitrogens with one attached hydrogen (secondary N) is 1. The first kappa shape index (κ1) is 16.9. The van der Waals surface area contributed by atoms with Gasteiger partial charge in [-0.05, 0) is 32.9 Å². The van der Waals surface area contributed by atoms with Crippen molar-refractivity contribution < 1.29 is 4.74 Å². The first-order valence-electron chi connectivity index (χ1n) is 7.89. The Bertz CT molecular complexity index is 400. The van der Waals surface area contributed by atoms with Gasteiger partial charge in [0.25, 0.3) is 0 Å². The van der Waals surface area contributed by atoms with Gasteiger partial charge in [0.15, 0.2) is 5.96 Å². The zero-order valence-electron chi connectivity index (χ0n) is 14.5. The molecular weight excluding hydrogens is 282 g/mol. The molecule has 0 bridgehead atoms. The van der Waals surface area contributed by atoms with E-state index in [1.165, 1.54) is 0 Å². The van der Waals surface area contributed by atoms with E-state index in [4.69, 9.17) is 4.74 Å². The van der Waals surface area contributed by atoms with Gasteiger partial charge in [0, 0.05) is 49.1 Å². The van der Waals surface area contributed by atoms with Crippen LogP contribution in [-0.4, -0.2) is 60.8 Å². The molecule has 0 radical (unpaired) electrons. The molecule has 1 N–H and O–H groups in total. The number of nitrogens with zero attached hydrogens (tertiary/aromatic N) is 2. The Kier molecular flexibility index (Phi) is 4.84. The number of thioether (sulfide) groups is 1. The lowest BCUT2D eigenvalue weighted by atomic mass is 9.65. The molecule has 0 aliphatic carbocycles. The number of guanidine groups is 1. The maximum absolute atomic E-state index is 5.52. The molecule has 0 saturated carbocycles. The smallest absolute Gasteiger partial charge is 0.194 e. The van der Waals surface area contributed by atoms with Crippen LogP contribution in [0.4, 0.5) is 0 Å². The molecule has 2 heterocycles. The van der Waals surface area contributed by atoms with Gasteiger partial charge >= 0.3 is 0 Å². The summed E-state index contributed by atoms with van der Waals surface area (Å²) in [5.74, 6) is 1.04. The Morgan fingerprint density at radius 1 is 1.24 bits per heavy atom. The first-order valence-corrected chi connectivity index (χ1v) is 9.12. The van der Waals surface area contributed by atoms with Crippen molar-refractivity contribution in [3.63, 3.8) is 0 Å². The molecule has 2 aliphatic rings. The second-order valence-corrected chi connectivity index (χ2v) is 8.70. The van der Waals surface area contributed by atoms with E-state index >= 15 is 0 Å². The van der Waals surface area contributed by atoms with Crippen LogP contribution < -0.4 is 5.32 Å². The maximum Gasteiger partial charge on any atom is 0.194 e. The lowest BCUT2D eigenvalue weighted by molar-refractivity contribution is -0.0668. The van der Waals surface area contributed by atoms with E-state index in [-0.39, 0.29) is 5.54 Å². The Morgan fingerprint density at radius 2 is 1.86 bits per heavy atom. The third-order valence-electron chi connectivity index (χ3n) is 5.76. The summed E-state index contributed by atoms with van der Waals surface area (Å²) in [5, 5.41) is 3.63. The van der Waals surface area contributed by atoms with Gasteiger partial charge < -0.3 is 15.0 Å². The fourth-order valence-electron chi connectivity index (χ4n) is 3.13. The van der Waals surface area contributed by atoms with Crippen LogP contribution in [0.3, 0.4) is 0 Å². The van der Waals surface area contributed by atoms with Crippen molar-refractivity contribution in [3.05, 3.63) is 0 Å². The quantitative estimate of drug-likeness (QED) is 0.642. The second kappa shape index (κ2) is 5.99. The molecule has 0 unspecified atom stereocenters. The van der Waals surface area contributed by atoms with Gasteiger partial charge in [0.1, 0.15) is 0 Å². The molecule has 2 rings (SSSR count). The van der Waals surface area contributed by atoms with Gasteiger partial charge in [-0.1, -0.05) is 13.8 Å². The molecule has 0 spiro atoms. The molecule has 21 heavy (non-hydrogen) atoms. The number of rotatable bonds is 3. The van der Waals surface area contributed by atoms with Crippen LogP contribution in [0.25, 0.3) is 0 Å². The Hall–Kier alpha value is -0.420. The summed E-state index contributed by atoms with van der Waals surface area (Å²) in [6, 6.07) is 0. The van der Waals surface area contributed by atoms with Crippen molar-refractivity contribution in [2.45, 2.75) is 50.8 Å². The van der Waals surface area contributed by atoms with Crippen molar-refractivity contribution in [3.8, 4) is 0 Å². The van der Waals surface area contributed by atoms with Gasteiger partial charge in [0.2, 0.25) is 0 Å². The van der Waals surface area contributed by atoms with Crippen molar-refractivity contribution in [2.75, 3.05) is 39.6 Å². The van der Waals surface area contributed by atoms with Crippen LogP contribution in [0.5, 0.6) is 0 Å². The number of aliphatic imine (C=N–C) groups is 1. The molecule has 0 aromatic heterocycles. The van der Waals surface area contributed by atoms with E-state index in [1.807, 2.05) is 18.8 Å². The first-order chi connectivity index (χ1) is 9.78. The summed E-state index contributed by atoms with van der Waals surface area (Å²) < 4.78 is 5.81. The largest absolute Gasteiger partial charge is 0.381 e. The van der Waals surface area contributed by atoms with E-state index in [0.29, 0.717) is 10.2 Å². The molecule has 0 aromatic carbocycles. The highest BCUT2D eigenvalue weighted by Crippen LogP contribution is 2.46. The van der Waals surface area contributed by atoms with Crippen molar-refractivity contribution in [2.24, 2.45) is 10.4 Å². The van der Waals surface area contributed by atoms with E-state index < -0.39 is 0 Å². The molecule has 2 aliphatic heterocycles.